The highest BCUT2D eigenvalue weighted by molar-refractivity contribution is 5.78. The summed E-state index contributed by atoms with van der Waals surface area (Å²) in [6.07, 6.45) is 7.30. The van der Waals surface area contributed by atoms with E-state index in [4.69, 9.17) is 14.2 Å². The molecule has 5 fully saturated rings. The molecule has 0 amide bonds. The predicted octanol–water partition coefficient (Wildman–Crippen LogP) is 2.75. The Morgan fingerprint density at radius 1 is 1.21 bits per heavy atom. The van der Waals surface area contributed by atoms with E-state index in [1.165, 1.54) is 0 Å². The average Bonchev–Trinajstić information content (AvgIpc) is 2.51. The topological polar surface area (TPSA) is 44.8 Å². The molecule has 5 rings (SSSR count). The zero-order chi connectivity index (χ0) is 13.1. The Bertz CT molecular complexity index is 391. The SMILES string of the molecule is C[C@@]12C[C@H]3C[C@@H](O1)O[C@](C1CCCCC(=O)C1)(C3)O2. The van der Waals surface area contributed by atoms with Gasteiger partial charge in [0.1, 0.15) is 5.78 Å². The van der Waals surface area contributed by atoms with Crippen molar-refractivity contribution >= 4 is 5.78 Å². The van der Waals surface area contributed by atoms with Crippen molar-refractivity contribution in [3.8, 4) is 0 Å². The molecule has 106 valence electrons. The molecule has 4 heteroatoms. The molecule has 0 aromatic rings. The molecule has 1 unspecified atom stereocenters. The van der Waals surface area contributed by atoms with Crippen LogP contribution in [0.2, 0.25) is 0 Å². The molecule has 4 heterocycles. The molecule has 5 atom stereocenters. The molecule has 4 nitrogen and oxygen atoms in total. The second kappa shape index (κ2) is 4.03. The van der Waals surface area contributed by atoms with Gasteiger partial charge in [0.2, 0.25) is 0 Å². The van der Waals surface area contributed by atoms with Crippen LogP contribution in [-0.2, 0) is 19.0 Å². The molecule has 0 aromatic heterocycles. The van der Waals surface area contributed by atoms with E-state index >= 15 is 0 Å². The molecule has 4 aliphatic heterocycles. The standard InChI is InChI=1S/C15H22O4/c1-14-8-10-6-13(17-14)18-15(9-10,19-14)11-4-2-3-5-12(16)7-11/h10-11,13H,2-9H2,1H3/t10-,11?,13+,14-,15-/m1/s1. The maximum absolute atomic E-state index is 11.9. The van der Waals surface area contributed by atoms with Crippen LogP contribution in [0.3, 0.4) is 0 Å². The molecule has 0 N–H and O–H groups in total. The Kier molecular flexibility index (Phi) is 2.61. The van der Waals surface area contributed by atoms with Crippen molar-refractivity contribution in [1.29, 1.82) is 0 Å². The number of ether oxygens (including phenoxy) is 3. The summed E-state index contributed by atoms with van der Waals surface area (Å²) in [5.41, 5.74) is 0. The molecule has 0 aromatic carbocycles. The minimum Gasteiger partial charge on any atom is -0.321 e. The number of hydrogen-bond donors (Lipinski definition) is 0. The maximum Gasteiger partial charge on any atom is 0.178 e. The molecule has 4 bridgehead atoms. The molecule has 0 radical (unpaired) electrons. The zero-order valence-electron chi connectivity index (χ0n) is 11.5. The first-order valence-electron chi connectivity index (χ1n) is 7.64. The molecule has 0 spiro atoms. The lowest BCUT2D eigenvalue weighted by Gasteiger charge is -2.61. The van der Waals surface area contributed by atoms with Gasteiger partial charge in [0.15, 0.2) is 17.9 Å². The minimum atomic E-state index is -0.543. The van der Waals surface area contributed by atoms with Gasteiger partial charge in [-0.15, -0.1) is 0 Å². The quantitative estimate of drug-likeness (QED) is 0.685. The first kappa shape index (κ1) is 12.3. The smallest absolute Gasteiger partial charge is 0.178 e. The summed E-state index contributed by atoms with van der Waals surface area (Å²) < 4.78 is 18.2. The van der Waals surface area contributed by atoms with Crippen LogP contribution in [0.25, 0.3) is 0 Å². The minimum absolute atomic E-state index is 0.121. The molecule has 1 aliphatic carbocycles. The van der Waals surface area contributed by atoms with Gasteiger partial charge >= 0.3 is 0 Å². The molecule has 4 saturated heterocycles. The summed E-state index contributed by atoms with van der Waals surface area (Å²) in [5.74, 6) is 0.190. The van der Waals surface area contributed by atoms with Gasteiger partial charge in [-0.1, -0.05) is 6.42 Å². The highest BCUT2D eigenvalue weighted by Gasteiger charge is 2.62. The number of ketones is 1. The van der Waals surface area contributed by atoms with Crippen molar-refractivity contribution in [1.82, 2.24) is 0 Å². The van der Waals surface area contributed by atoms with E-state index in [-0.39, 0.29) is 12.2 Å². The van der Waals surface area contributed by atoms with E-state index in [2.05, 4.69) is 0 Å². The summed E-state index contributed by atoms with van der Waals surface area (Å²) in [5, 5.41) is 0. The number of rotatable bonds is 1. The fourth-order valence-electron chi connectivity index (χ4n) is 4.57. The van der Waals surface area contributed by atoms with Crippen LogP contribution >= 0.6 is 0 Å². The fourth-order valence-corrected chi connectivity index (χ4v) is 4.57. The van der Waals surface area contributed by atoms with E-state index in [0.717, 1.165) is 44.9 Å². The van der Waals surface area contributed by atoms with Gasteiger partial charge in [0, 0.05) is 38.0 Å². The highest BCUT2D eigenvalue weighted by atomic mass is 16.9. The van der Waals surface area contributed by atoms with E-state index < -0.39 is 11.6 Å². The van der Waals surface area contributed by atoms with Crippen molar-refractivity contribution in [3.05, 3.63) is 0 Å². The van der Waals surface area contributed by atoms with E-state index in [0.29, 0.717) is 18.1 Å². The largest absolute Gasteiger partial charge is 0.321 e. The van der Waals surface area contributed by atoms with Gasteiger partial charge in [0.05, 0.1) is 0 Å². The zero-order valence-corrected chi connectivity index (χ0v) is 11.5. The van der Waals surface area contributed by atoms with E-state index in [9.17, 15) is 4.79 Å². The van der Waals surface area contributed by atoms with Crippen molar-refractivity contribution in [2.45, 2.75) is 76.2 Å². The molecular formula is C15H22O4. The molecular weight excluding hydrogens is 244 g/mol. The second-order valence-corrected chi connectivity index (χ2v) is 6.91. The van der Waals surface area contributed by atoms with E-state index in [1.54, 1.807) is 0 Å². The third-order valence-electron chi connectivity index (χ3n) is 5.21. The van der Waals surface area contributed by atoms with Gasteiger partial charge in [-0.05, 0) is 25.7 Å². The first-order valence-corrected chi connectivity index (χ1v) is 7.64. The predicted molar refractivity (Wildman–Crippen MR) is 67.1 cm³/mol. The monoisotopic (exact) mass is 266 g/mol. The lowest BCUT2D eigenvalue weighted by Crippen LogP contribution is -2.67. The summed E-state index contributed by atoms with van der Waals surface area (Å²) in [7, 11) is 0. The summed E-state index contributed by atoms with van der Waals surface area (Å²) in [6, 6.07) is 0. The Morgan fingerprint density at radius 2 is 2.11 bits per heavy atom. The summed E-state index contributed by atoms with van der Waals surface area (Å²) in [6.45, 7) is 2.03. The molecule has 1 saturated carbocycles. The van der Waals surface area contributed by atoms with Crippen molar-refractivity contribution in [2.24, 2.45) is 11.8 Å². The molecule has 5 aliphatic rings. The number of carbonyl (C=O) groups is 1. The van der Waals surface area contributed by atoms with Gasteiger partial charge in [-0.3, -0.25) is 4.79 Å². The second-order valence-electron chi connectivity index (χ2n) is 6.91. The van der Waals surface area contributed by atoms with Crippen molar-refractivity contribution < 1.29 is 19.0 Å². The summed E-state index contributed by atoms with van der Waals surface area (Å²) >= 11 is 0. The van der Waals surface area contributed by atoms with Gasteiger partial charge in [-0.25, -0.2) is 0 Å². The molecule has 19 heavy (non-hydrogen) atoms. The lowest BCUT2D eigenvalue weighted by atomic mass is 9.75. The first-order chi connectivity index (χ1) is 9.07. The Balaban J connectivity index is 1.64. The normalized spacial score (nSPS) is 53.3. The van der Waals surface area contributed by atoms with Crippen LogP contribution in [-0.4, -0.2) is 23.6 Å². The Labute approximate surface area is 113 Å². The van der Waals surface area contributed by atoms with Crippen molar-refractivity contribution in [3.63, 3.8) is 0 Å². The maximum atomic E-state index is 11.9. The van der Waals surface area contributed by atoms with Gasteiger partial charge < -0.3 is 14.2 Å². The highest BCUT2D eigenvalue weighted by Crippen LogP contribution is 2.56. The van der Waals surface area contributed by atoms with Crippen LogP contribution in [0.15, 0.2) is 0 Å². The van der Waals surface area contributed by atoms with E-state index in [1.807, 2.05) is 6.92 Å². The number of carbonyl (C=O) groups excluding carboxylic acids is 1. The lowest BCUT2D eigenvalue weighted by molar-refractivity contribution is -0.524. The van der Waals surface area contributed by atoms with Crippen molar-refractivity contribution in [2.75, 3.05) is 0 Å². The van der Waals surface area contributed by atoms with Crippen LogP contribution in [0.1, 0.15) is 58.3 Å². The van der Waals surface area contributed by atoms with Crippen LogP contribution in [0.4, 0.5) is 0 Å². The van der Waals surface area contributed by atoms with Crippen LogP contribution in [0.5, 0.6) is 0 Å². The third kappa shape index (κ3) is 1.96. The Hall–Kier alpha value is -0.450. The number of Topliss-reactive ketones (excluding diaryl/α,β-unsaturated/α-hetero) is 1. The summed E-state index contributed by atoms with van der Waals surface area (Å²) in [4.78, 5) is 11.9. The third-order valence-corrected chi connectivity index (χ3v) is 5.21. The van der Waals surface area contributed by atoms with Crippen LogP contribution < -0.4 is 0 Å². The average molecular weight is 266 g/mol. The van der Waals surface area contributed by atoms with Gasteiger partial charge in [0.25, 0.3) is 0 Å². The van der Waals surface area contributed by atoms with Gasteiger partial charge in [-0.2, -0.15) is 0 Å². The Morgan fingerprint density at radius 3 is 2.89 bits per heavy atom. The fraction of sp³-hybridized carbons (Fsp3) is 0.933. The number of hydrogen-bond acceptors (Lipinski definition) is 4. The van der Waals surface area contributed by atoms with Crippen LogP contribution in [0, 0.1) is 11.8 Å².